The van der Waals surface area contributed by atoms with Crippen molar-refractivity contribution in [2.45, 2.75) is 72.0 Å². The number of allylic oxidation sites excluding steroid dienone is 6. The van der Waals surface area contributed by atoms with Crippen molar-refractivity contribution < 1.29 is 8.42 Å². The Morgan fingerprint density at radius 2 is 1.61 bits per heavy atom. The number of sulfone groups is 1. The van der Waals surface area contributed by atoms with Gasteiger partial charge in [0.25, 0.3) is 0 Å². The number of hydrogen-bond acceptors (Lipinski definition) is 2. The summed E-state index contributed by atoms with van der Waals surface area (Å²) < 4.78 is 23.9. The van der Waals surface area contributed by atoms with Crippen LogP contribution in [0.15, 0.2) is 46.6 Å². The average Bonchev–Trinajstić information content (AvgIpc) is 2.70. The van der Waals surface area contributed by atoms with Crippen LogP contribution in [-0.4, -0.2) is 19.4 Å². The van der Waals surface area contributed by atoms with Crippen molar-refractivity contribution in [2.24, 2.45) is 0 Å². The smallest absolute Gasteiger partial charge is 0.160 e. The van der Waals surface area contributed by atoms with Crippen molar-refractivity contribution >= 4 is 9.84 Å². The Kier molecular flexibility index (Phi) is 8.04. The third kappa shape index (κ3) is 7.34. The summed E-state index contributed by atoms with van der Waals surface area (Å²) in [5, 5.41) is -0.293. The van der Waals surface area contributed by atoms with Crippen LogP contribution >= 0.6 is 0 Å². The third-order valence-electron chi connectivity index (χ3n) is 4.38. The fourth-order valence-electron chi connectivity index (χ4n) is 2.76. The molecule has 0 aromatic rings. The highest BCUT2D eigenvalue weighted by molar-refractivity contribution is 7.92. The van der Waals surface area contributed by atoms with Gasteiger partial charge in [-0.3, -0.25) is 0 Å². The van der Waals surface area contributed by atoms with Gasteiger partial charge in [0.1, 0.15) is 0 Å². The lowest BCUT2D eigenvalue weighted by Crippen LogP contribution is -2.18. The lowest BCUT2D eigenvalue weighted by molar-refractivity contribution is 0.592. The molecule has 3 heteroatoms. The molecule has 1 atom stereocenters. The zero-order valence-corrected chi connectivity index (χ0v) is 16.2. The van der Waals surface area contributed by atoms with Crippen molar-refractivity contribution in [1.82, 2.24) is 0 Å². The first kappa shape index (κ1) is 20.0. The van der Waals surface area contributed by atoms with Gasteiger partial charge in [0.2, 0.25) is 0 Å². The summed E-state index contributed by atoms with van der Waals surface area (Å²) in [7, 11) is -2.94. The van der Waals surface area contributed by atoms with Crippen molar-refractivity contribution in [1.29, 1.82) is 0 Å². The Balaban J connectivity index is 2.40. The predicted octanol–water partition coefficient (Wildman–Crippen LogP) is 5.54. The van der Waals surface area contributed by atoms with Gasteiger partial charge < -0.3 is 0 Å². The Morgan fingerprint density at radius 3 is 2.13 bits per heavy atom. The van der Waals surface area contributed by atoms with Crippen LogP contribution in [0.25, 0.3) is 0 Å². The lowest BCUT2D eigenvalue weighted by Gasteiger charge is -2.10. The van der Waals surface area contributed by atoms with Crippen LogP contribution in [0.5, 0.6) is 0 Å². The van der Waals surface area contributed by atoms with Crippen molar-refractivity contribution in [3.8, 4) is 0 Å². The molecule has 23 heavy (non-hydrogen) atoms. The predicted molar refractivity (Wildman–Crippen MR) is 101 cm³/mol. The van der Waals surface area contributed by atoms with Crippen LogP contribution < -0.4 is 0 Å². The molecular formula is C20H32O2S. The number of rotatable bonds is 8. The van der Waals surface area contributed by atoms with Crippen molar-refractivity contribution in [3.05, 3.63) is 46.6 Å². The van der Waals surface area contributed by atoms with Crippen LogP contribution in [0, 0.1) is 0 Å². The van der Waals surface area contributed by atoms with Gasteiger partial charge in [0.15, 0.2) is 9.84 Å². The zero-order valence-electron chi connectivity index (χ0n) is 15.4. The minimum Gasteiger partial charge on any atom is -0.228 e. The maximum atomic E-state index is 11.9. The highest BCUT2D eigenvalue weighted by Crippen LogP contribution is 2.25. The number of hydrogen-bond donors (Lipinski definition) is 0. The Bertz CT molecular complexity index is 612. The molecule has 0 N–H and O–H groups in total. The molecule has 1 aliphatic heterocycles. The average molecular weight is 337 g/mol. The Labute approximate surface area is 143 Å². The van der Waals surface area contributed by atoms with Crippen LogP contribution in [0.2, 0.25) is 0 Å². The van der Waals surface area contributed by atoms with Gasteiger partial charge in [-0.1, -0.05) is 46.6 Å². The molecule has 0 amide bonds. The molecular weight excluding hydrogens is 304 g/mol. The van der Waals surface area contributed by atoms with E-state index in [1.54, 1.807) is 0 Å². The highest BCUT2D eigenvalue weighted by Gasteiger charge is 2.30. The molecule has 0 saturated carbocycles. The van der Waals surface area contributed by atoms with Crippen LogP contribution in [0.3, 0.4) is 0 Å². The molecule has 1 rings (SSSR count). The van der Waals surface area contributed by atoms with E-state index in [9.17, 15) is 8.42 Å². The first-order chi connectivity index (χ1) is 10.7. The van der Waals surface area contributed by atoms with Crippen molar-refractivity contribution in [2.75, 3.05) is 5.75 Å². The van der Waals surface area contributed by atoms with Gasteiger partial charge in [0, 0.05) is 0 Å². The van der Waals surface area contributed by atoms with Crippen LogP contribution in [-0.2, 0) is 9.84 Å². The van der Waals surface area contributed by atoms with Gasteiger partial charge >= 0.3 is 0 Å². The third-order valence-corrected chi connectivity index (χ3v) is 6.44. The topological polar surface area (TPSA) is 34.1 Å². The van der Waals surface area contributed by atoms with E-state index in [0.29, 0.717) is 6.42 Å². The molecule has 130 valence electrons. The van der Waals surface area contributed by atoms with Gasteiger partial charge in [-0.15, -0.1) is 0 Å². The normalized spacial score (nSPS) is 21.3. The van der Waals surface area contributed by atoms with Crippen LogP contribution in [0.1, 0.15) is 66.7 Å². The minimum absolute atomic E-state index is 0.212. The van der Waals surface area contributed by atoms with E-state index >= 15 is 0 Å². The summed E-state index contributed by atoms with van der Waals surface area (Å²) in [4.78, 5) is 0. The Morgan fingerprint density at radius 1 is 1.04 bits per heavy atom. The lowest BCUT2D eigenvalue weighted by atomic mass is 10.0. The molecule has 2 nitrogen and oxygen atoms in total. The maximum absolute atomic E-state index is 11.9. The van der Waals surface area contributed by atoms with E-state index in [4.69, 9.17) is 0 Å². The second-order valence-corrected chi connectivity index (χ2v) is 9.19. The first-order valence-corrected chi connectivity index (χ1v) is 10.3. The fourth-order valence-corrected chi connectivity index (χ4v) is 4.54. The van der Waals surface area contributed by atoms with E-state index in [1.165, 1.54) is 16.7 Å². The summed E-state index contributed by atoms with van der Waals surface area (Å²) in [5.74, 6) is 0.212. The monoisotopic (exact) mass is 336 g/mol. The molecule has 0 saturated heterocycles. The molecule has 0 aliphatic carbocycles. The molecule has 0 radical (unpaired) electrons. The summed E-state index contributed by atoms with van der Waals surface area (Å²) in [6.07, 6.45) is 13.5. The van der Waals surface area contributed by atoms with Crippen molar-refractivity contribution in [3.63, 3.8) is 0 Å². The van der Waals surface area contributed by atoms with Gasteiger partial charge in [-0.2, -0.15) is 0 Å². The minimum atomic E-state index is -2.94. The van der Waals surface area contributed by atoms with E-state index in [0.717, 1.165) is 31.3 Å². The van der Waals surface area contributed by atoms with E-state index in [1.807, 2.05) is 13.0 Å². The second-order valence-electron chi connectivity index (χ2n) is 6.96. The molecule has 0 aromatic carbocycles. The second kappa shape index (κ2) is 9.27. The quantitative estimate of drug-likeness (QED) is 0.545. The van der Waals surface area contributed by atoms with E-state index < -0.39 is 9.84 Å². The SMILES string of the molecule is CC(C)=CCC/C(C)=C/CC/C(C)=C/CC1C(C)=CCS1(=O)=O. The molecule has 1 unspecified atom stereocenters. The molecule has 0 spiro atoms. The summed E-state index contributed by atoms with van der Waals surface area (Å²) in [5.41, 5.74) is 5.10. The molecule has 1 heterocycles. The standard InChI is InChI=1S/C20H32O2S/c1-16(2)8-6-9-17(3)10-7-11-18(4)12-13-20-19(5)14-15-23(20,21)22/h8,10,12,14,20H,6-7,9,11,13,15H2,1-5H3/b17-10+,18-12+. The zero-order chi connectivity index (χ0) is 17.5. The van der Waals surface area contributed by atoms with E-state index in [-0.39, 0.29) is 11.0 Å². The molecule has 1 aliphatic rings. The largest absolute Gasteiger partial charge is 0.228 e. The summed E-state index contributed by atoms with van der Waals surface area (Å²) >= 11 is 0. The molecule has 0 fully saturated rings. The Hall–Kier alpha value is -1.09. The first-order valence-electron chi connectivity index (χ1n) is 8.55. The molecule has 0 bridgehead atoms. The maximum Gasteiger partial charge on any atom is 0.160 e. The summed E-state index contributed by atoms with van der Waals surface area (Å²) in [6.45, 7) is 10.5. The van der Waals surface area contributed by atoms with Gasteiger partial charge in [-0.25, -0.2) is 8.42 Å². The molecule has 0 aromatic heterocycles. The fraction of sp³-hybridized carbons (Fsp3) is 0.600. The van der Waals surface area contributed by atoms with Crippen LogP contribution in [0.4, 0.5) is 0 Å². The van der Waals surface area contributed by atoms with Gasteiger partial charge in [-0.05, 0) is 66.7 Å². The summed E-state index contributed by atoms with van der Waals surface area (Å²) in [6, 6.07) is 0. The van der Waals surface area contributed by atoms with Gasteiger partial charge in [0.05, 0.1) is 11.0 Å². The van der Waals surface area contributed by atoms with E-state index in [2.05, 4.69) is 45.9 Å². The highest BCUT2D eigenvalue weighted by atomic mass is 32.2.